The third kappa shape index (κ3) is 3.40. The highest BCUT2D eigenvalue weighted by molar-refractivity contribution is 9.10. The smallest absolute Gasteiger partial charge is 0.343 e. The Bertz CT molecular complexity index is 641. The fourth-order valence-electron chi connectivity index (χ4n) is 1.66. The van der Waals surface area contributed by atoms with Gasteiger partial charge in [0.25, 0.3) is 0 Å². The number of aromatic nitrogens is 1. The molecule has 1 aromatic carbocycles. The van der Waals surface area contributed by atoms with Crippen LogP contribution in [0.3, 0.4) is 0 Å². The Hall–Kier alpha value is -1.80. The lowest BCUT2D eigenvalue weighted by atomic mass is 10.0. The van der Waals surface area contributed by atoms with E-state index in [1.807, 2.05) is 24.3 Å². The fraction of sp³-hybridized carbons (Fsp3) is 0.167. The zero-order chi connectivity index (χ0) is 14.7. The molecule has 0 aliphatic rings. The maximum atomic E-state index is 11.3. The molecule has 2 rings (SSSR count). The van der Waals surface area contributed by atoms with Crippen LogP contribution in [0.2, 0.25) is 0 Å². The Morgan fingerprint density at radius 3 is 2.60 bits per heavy atom. The SMILES string of the molecule is O=C(O)C(Cc1ccc(Br)cc1)c1ncc([N+](=O)[O-])s1. The van der Waals surface area contributed by atoms with Crippen LogP contribution in [0.5, 0.6) is 0 Å². The normalized spacial score (nSPS) is 12.1. The minimum Gasteiger partial charge on any atom is -0.481 e. The molecule has 0 radical (unpaired) electrons. The highest BCUT2D eigenvalue weighted by Crippen LogP contribution is 2.30. The molecule has 0 aliphatic heterocycles. The summed E-state index contributed by atoms with van der Waals surface area (Å²) in [7, 11) is 0. The molecule has 0 saturated heterocycles. The summed E-state index contributed by atoms with van der Waals surface area (Å²) in [6.45, 7) is 0. The maximum Gasteiger partial charge on any atom is 0.343 e. The summed E-state index contributed by atoms with van der Waals surface area (Å²) in [4.78, 5) is 25.3. The molecule has 0 saturated carbocycles. The second-order valence-electron chi connectivity index (χ2n) is 4.02. The summed E-state index contributed by atoms with van der Waals surface area (Å²) in [6, 6.07) is 7.25. The lowest BCUT2D eigenvalue weighted by Gasteiger charge is -2.09. The van der Waals surface area contributed by atoms with Gasteiger partial charge in [-0.15, -0.1) is 0 Å². The quantitative estimate of drug-likeness (QED) is 0.655. The van der Waals surface area contributed by atoms with Gasteiger partial charge < -0.3 is 5.11 Å². The molecule has 6 nitrogen and oxygen atoms in total. The maximum absolute atomic E-state index is 11.3. The molecule has 8 heteroatoms. The van der Waals surface area contributed by atoms with Gasteiger partial charge in [0.05, 0.1) is 4.92 Å². The molecular weight excluding hydrogens is 348 g/mol. The molecule has 2 aromatic rings. The summed E-state index contributed by atoms with van der Waals surface area (Å²) >= 11 is 4.10. The largest absolute Gasteiger partial charge is 0.481 e. The topological polar surface area (TPSA) is 93.3 Å². The summed E-state index contributed by atoms with van der Waals surface area (Å²) < 4.78 is 0.901. The van der Waals surface area contributed by atoms with Crippen molar-refractivity contribution in [2.75, 3.05) is 0 Å². The van der Waals surface area contributed by atoms with Crippen LogP contribution in [0.4, 0.5) is 5.00 Å². The fourth-order valence-corrected chi connectivity index (χ4v) is 2.75. The number of nitrogens with zero attached hydrogens (tertiary/aromatic N) is 2. The van der Waals surface area contributed by atoms with Crippen molar-refractivity contribution >= 4 is 38.2 Å². The highest BCUT2D eigenvalue weighted by atomic mass is 79.9. The van der Waals surface area contributed by atoms with Crippen LogP contribution < -0.4 is 0 Å². The Morgan fingerprint density at radius 2 is 2.10 bits per heavy atom. The van der Waals surface area contributed by atoms with Crippen molar-refractivity contribution in [3.05, 3.63) is 55.6 Å². The first-order valence-corrected chi connectivity index (χ1v) is 7.15. The van der Waals surface area contributed by atoms with Gasteiger partial charge in [-0.05, 0) is 35.5 Å². The molecule has 1 aromatic heterocycles. The Labute approximate surface area is 126 Å². The molecule has 1 N–H and O–H groups in total. The van der Waals surface area contributed by atoms with Gasteiger partial charge in [0, 0.05) is 4.47 Å². The number of hydrogen-bond acceptors (Lipinski definition) is 5. The Morgan fingerprint density at radius 1 is 1.45 bits per heavy atom. The van der Waals surface area contributed by atoms with Crippen molar-refractivity contribution in [2.45, 2.75) is 12.3 Å². The van der Waals surface area contributed by atoms with Crippen molar-refractivity contribution in [2.24, 2.45) is 0 Å². The Kier molecular flexibility index (Phi) is 4.46. The molecule has 0 amide bonds. The van der Waals surface area contributed by atoms with Gasteiger partial charge in [-0.2, -0.15) is 0 Å². The number of benzene rings is 1. The molecule has 0 spiro atoms. The molecule has 1 unspecified atom stereocenters. The van der Waals surface area contributed by atoms with Crippen LogP contribution in [-0.4, -0.2) is 21.0 Å². The van der Waals surface area contributed by atoms with Gasteiger partial charge in [-0.3, -0.25) is 14.9 Å². The predicted molar refractivity (Wildman–Crippen MR) is 77.0 cm³/mol. The van der Waals surface area contributed by atoms with Crippen LogP contribution in [0.1, 0.15) is 16.5 Å². The van der Waals surface area contributed by atoms with E-state index >= 15 is 0 Å². The number of nitro groups is 1. The number of carboxylic acids is 1. The molecule has 0 bridgehead atoms. The zero-order valence-corrected chi connectivity index (χ0v) is 12.4. The Balaban J connectivity index is 2.24. The third-order valence-electron chi connectivity index (χ3n) is 2.64. The van der Waals surface area contributed by atoms with Gasteiger partial charge in [-0.25, -0.2) is 4.98 Å². The van der Waals surface area contributed by atoms with Crippen molar-refractivity contribution in [1.29, 1.82) is 0 Å². The van der Waals surface area contributed by atoms with E-state index in [0.29, 0.717) is 0 Å². The van der Waals surface area contributed by atoms with Crippen molar-refractivity contribution in [1.82, 2.24) is 4.98 Å². The van der Waals surface area contributed by atoms with Gasteiger partial charge in [-0.1, -0.05) is 28.1 Å². The van der Waals surface area contributed by atoms with Crippen LogP contribution >= 0.6 is 27.3 Å². The molecule has 1 atom stereocenters. The predicted octanol–water partition coefficient (Wildman–Crippen LogP) is 3.22. The minimum absolute atomic E-state index is 0.151. The van der Waals surface area contributed by atoms with Crippen molar-refractivity contribution in [3.63, 3.8) is 0 Å². The second kappa shape index (κ2) is 6.10. The monoisotopic (exact) mass is 356 g/mol. The molecule has 0 aliphatic carbocycles. The summed E-state index contributed by atoms with van der Waals surface area (Å²) in [5.74, 6) is -1.92. The van der Waals surface area contributed by atoms with Crippen LogP contribution in [0.15, 0.2) is 34.9 Å². The van der Waals surface area contributed by atoms with Crippen molar-refractivity contribution < 1.29 is 14.8 Å². The minimum atomic E-state index is -1.04. The highest BCUT2D eigenvalue weighted by Gasteiger charge is 2.26. The van der Waals surface area contributed by atoms with Gasteiger partial charge in [0.1, 0.15) is 17.1 Å². The van der Waals surface area contributed by atoms with E-state index in [2.05, 4.69) is 20.9 Å². The van der Waals surface area contributed by atoms with E-state index in [-0.39, 0.29) is 16.4 Å². The molecule has 20 heavy (non-hydrogen) atoms. The molecular formula is C12H9BrN2O4S. The standard InChI is InChI=1S/C12H9BrN2O4S/c13-8-3-1-7(2-4-8)5-9(12(16)17)11-14-6-10(20-11)15(18)19/h1-4,6,9H,5H2,(H,16,17). The molecule has 0 fully saturated rings. The first kappa shape index (κ1) is 14.6. The average molecular weight is 357 g/mol. The van der Waals surface area contributed by atoms with E-state index in [0.717, 1.165) is 27.6 Å². The lowest BCUT2D eigenvalue weighted by molar-refractivity contribution is -0.380. The van der Waals surface area contributed by atoms with E-state index < -0.39 is 16.8 Å². The number of aliphatic carboxylic acids is 1. The molecule has 104 valence electrons. The number of thiazole rings is 1. The van der Waals surface area contributed by atoms with E-state index in [1.54, 1.807) is 0 Å². The van der Waals surface area contributed by atoms with Gasteiger partial charge in [0.15, 0.2) is 0 Å². The van der Waals surface area contributed by atoms with E-state index in [4.69, 9.17) is 0 Å². The second-order valence-corrected chi connectivity index (χ2v) is 5.97. The van der Waals surface area contributed by atoms with Crippen LogP contribution in [0.25, 0.3) is 0 Å². The summed E-state index contributed by atoms with van der Waals surface area (Å²) in [5, 5.41) is 20.0. The number of halogens is 1. The van der Waals surface area contributed by atoms with Crippen molar-refractivity contribution in [3.8, 4) is 0 Å². The van der Waals surface area contributed by atoms with E-state index in [9.17, 15) is 20.0 Å². The van der Waals surface area contributed by atoms with E-state index in [1.165, 1.54) is 0 Å². The zero-order valence-electron chi connectivity index (χ0n) is 10.0. The number of hydrogen-bond donors (Lipinski definition) is 1. The van der Waals surface area contributed by atoms with Gasteiger partial charge in [0.2, 0.25) is 0 Å². The number of rotatable bonds is 5. The lowest BCUT2D eigenvalue weighted by Crippen LogP contribution is -2.14. The molecule has 1 heterocycles. The summed E-state index contributed by atoms with van der Waals surface area (Å²) in [6.07, 6.45) is 1.34. The average Bonchev–Trinajstić information content (AvgIpc) is 2.87. The first-order valence-electron chi connectivity index (χ1n) is 5.54. The first-order chi connectivity index (χ1) is 9.47. The van der Waals surface area contributed by atoms with Gasteiger partial charge >= 0.3 is 11.0 Å². The van der Waals surface area contributed by atoms with Crippen LogP contribution in [-0.2, 0) is 11.2 Å². The number of carboxylic acid groups (broad SMARTS) is 1. The van der Waals surface area contributed by atoms with Crippen LogP contribution in [0, 0.1) is 10.1 Å². The third-order valence-corrected chi connectivity index (χ3v) is 4.23. The summed E-state index contributed by atoms with van der Waals surface area (Å²) in [5.41, 5.74) is 0.832. The number of carbonyl (C=O) groups is 1.